The molecule has 3 aliphatic rings. The topological polar surface area (TPSA) is 102 Å². The van der Waals surface area contributed by atoms with Gasteiger partial charge in [-0.25, -0.2) is 18.6 Å². The van der Waals surface area contributed by atoms with Gasteiger partial charge in [0.1, 0.15) is 23.0 Å². The molecule has 2 aliphatic heterocycles. The first-order valence-electron chi connectivity index (χ1n) is 19.6. The van der Waals surface area contributed by atoms with Gasteiger partial charge < -0.3 is 14.2 Å². The maximum Gasteiger partial charge on any atom is 0.355 e. The third kappa shape index (κ3) is 6.36. The Morgan fingerprint density at radius 3 is 1.02 bits per heavy atom. The second-order valence-electron chi connectivity index (χ2n) is 14.4. The lowest BCUT2D eigenvalue weighted by atomic mass is 9.55. The van der Waals surface area contributed by atoms with E-state index in [1.54, 1.807) is 12.1 Å². The van der Waals surface area contributed by atoms with Crippen LogP contribution in [0.5, 0.6) is 23.0 Å². The summed E-state index contributed by atoms with van der Waals surface area (Å²) >= 11 is 0. The van der Waals surface area contributed by atoms with Crippen LogP contribution in [0, 0.1) is 0 Å². The summed E-state index contributed by atoms with van der Waals surface area (Å²) in [4.78, 5) is 55.0. The summed E-state index contributed by atoms with van der Waals surface area (Å²) in [5.74, 6) is -17.4. The van der Waals surface area contributed by atoms with Crippen molar-refractivity contribution in [3.8, 4) is 23.0 Å². The molecule has 0 radical (unpaired) electrons. The number of benzene rings is 6. The number of halogens is 6. The van der Waals surface area contributed by atoms with Gasteiger partial charge in [-0.1, -0.05) is 60.7 Å². The summed E-state index contributed by atoms with van der Waals surface area (Å²) in [7, 11) is 0. The zero-order valence-corrected chi connectivity index (χ0v) is 33.3. The zero-order valence-electron chi connectivity index (χ0n) is 33.3. The molecule has 0 aromatic heterocycles. The van der Waals surface area contributed by atoms with E-state index < -0.39 is 80.8 Å². The summed E-state index contributed by atoms with van der Waals surface area (Å²) < 4.78 is 118. The number of alkyl halides is 6. The van der Waals surface area contributed by atoms with Crippen LogP contribution in [0.1, 0.15) is 66.4 Å². The van der Waals surface area contributed by atoms with E-state index in [0.29, 0.717) is 21.9 Å². The highest BCUT2D eigenvalue weighted by Crippen LogP contribution is 2.78. The van der Waals surface area contributed by atoms with E-state index in [1.807, 2.05) is 13.8 Å². The van der Waals surface area contributed by atoms with Crippen molar-refractivity contribution in [3.63, 3.8) is 0 Å². The van der Waals surface area contributed by atoms with Gasteiger partial charge in [0.2, 0.25) is 0 Å². The number of fused-ring (bicyclic) bond motifs is 2. The van der Waals surface area contributed by atoms with Crippen LogP contribution in [0.15, 0.2) is 146 Å². The number of rotatable bonds is 10. The molecule has 0 unspecified atom stereocenters. The Labute approximate surface area is 356 Å². The first-order valence-corrected chi connectivity index (χ1v) is 19.6. The summed E-state index contributed by atoms with van der Waals surface area (Å²) in [6, 6.07) is 30.3. The van der Waals surface area contributed by atoms with Crippen LogP contribution in [0.25, 0.3) is 0 Å². The van der Waals surface area contributed by atoms with E-state index in [2.05, 4.69) is 0 Å². The minimum atomic E-state index is -5.86. The van der Waals surface area contributed by atoms with E-state index in [-0.39, 0.29) is 33.8 Å². The number of hydrogen-bond donors (Lipinski definition) is 0. The fourth-order valence-corrected chi connectivity index (χ4v) is 7.83. The fourth-order valence-electron chi connectivity index (χ4n) is 7.83. The molecular weight excluding hydrogens is 831 g/mol. The average molecular weight is 865 g/mol. The molecule has 15 heteroatoms. The van der Waals surface area contributed by atoms with Crippen LogP contribution in [-0.2, 0) is 16.1 Å². The van der Waals surface area contributed by atoms with E-state index >= 15 is 26.3 Å². The van der Waals surface area contributed by atoms with Crippen molar-refractivity contribution in [2.75, 3.05) is 23.0 Å². The first-order chi connectivity index (χ1) is 30.1. The molecule has 0 spiro atoms. The fraction of sp³-hybridized carbons (Fsp3) is 0.167. The molecule has 6 aromatic rings. The third-order valence-corrected chi connectivity index (χ3v) is 10.9. The van der Waals surface area contributed by atoms with Gasteiger partial charge in [0.15, 0.2) is 0 Å². The van der Waals surface area contributed by atoms with E-state index in [9.17, 15) is 19.2 Å². The van der Waals surface area contributed by atoms with Crippen LogP contribution in [0.3, 0.4) is 0 Å². The van der Waals surface area contributed by atoms with Gasteiger partial charge in [-0.3, -0.25) is 19.2 Å². The molecule has 2 atom stereocenters. The number of carbonyl (C=O) groups excluding carboxylic acids is 4. The Hall–Kier alpha value is -7.26. The molecule has 63 heavy (non-hydrogen) atoms. The molecule has 0 saturated heterocycles. The quantitative estimate of drug-likeness (QED) is 0.0998. The number of nitrogens with zero attached hydrogens (tertiary/aromatic N) is 2. The second kappa shape index (κ2) is 15.9. The highest BCUT2D eigenvalue weighted by molar-refractivity contribution is 6.35. The summed E-state index contributed by atoms with van der Waals surface area (Å²) in [6.07, 6.45) is 0. The monoisotopic (exact) mass is 864 g/mol. The highest BCUT2D eigenvalue weighted by Gasteiger charge is 2.99. The van der Waals surface area contributed by atoms with Crippen LogP contribution in [-0.4, -0.2) is 48.7 Å². The molecule has 0 bridgehead atoms. The lowest BCUT2D eigenvalue weighted by Crippen LogP contribution is -2.82. The van der Waals surface area contributed by atoms with Gasteiger partial charge in [-0.15, -0.1) is 0 Å². The number of ether oxygens (including phenoxy) is 3. The van der Waals surface area contributed by atoms with Gasteiger partial charge >= 0.3 is 11.8 Å². The Kier molecular flexibility index (Phi) is 10.7. The standard InChI is InChI=1S/C44H24F6N2O6.C4H10O/c45-41(33-23-25(19-21-35(33)57-27-11-3-1-4-12-27)51-37(53)29-15-7-8-16-30(29)38(51)54)42(46,44(49,50)43(41,47)48)34-24-26(20-22-36(34)58-28-13-5-2-6-14-28)52-39(55)31-17-9-10-18-32(31)40(52)56;1-3-5-4-2/h1-24H;3-4H2,1-2H3/t41-,42-;/m1./s1. The molecule has 6 aromatic carbocycles. The van der Waals surface area contributed by atoms with Crippen molar-refractivity contribution in [3.05, 3.63) is 179 Å². The third-order valence-electron chi connectivity index (χ3n) is 10.9. The van der Waals surface area contributed by atoms with E-state index in [4.69, 9.17) is 14.2 Å². The van der Waals surface area contributed by atoms with Crippen LogP contribution >= 0.6 is 0 Å². The number of amides is 4. The predicted molar refractivity (Wildman–Crippen MR) is 219 cm³/mol. The van der Waals surface area contributed by atoms with Crippen molar-refractivity contribution >= 4 is 35.0 Å². The predicted octanol–water partition coefficient (Wildman–Crippen LogP) is 11.2. The number of hydrogen-bond acceptors (Lipinski definition) is 7. The van der Waals surface area contributed by atoms with Crippen LogP contribution < -0.4 is 19.3 Å². The lowest BCUT2D eigenvalue weighted by molar-refractivity contribution is -0.451. The molecule has 4 amide bonds. The lowest BCUT2D eigenvalue weighted by Gasteiger charge is -2.59. The molecule has 9 nitrogen and oxygen atoms in total. The smallest absolute Gasteiger partial charge is 0.355 e. The Balaban J connectivity index is 0.00000103. The Morgan fingerprint density at radius 2 is 0.730 bits per heavy atom. The largest absolute Gasteiger partial charge is 0.457 e. The Bertz CT molecular complexity index is 2530. The minimum Gasteiger partial charge on any atom is -0.457 e. The van der Waals surface area contributed by atoms with E-state index in [0.717, 1.165) is 37.5 Å². The molecule has 320 valence electrons. The minimum absolute atomic E-state index is 0.0818. The maximum atomic E-state index is 18.3. The number of para-hydroxylation sites is 2. The molecule has 1 fully saturated rings. The van der Waals surface area contributed by atoms with Crippen molar-refractivity contribution < 1.29 is 59.7 Å². The van der Waals surface area contributed by atoms with Crippen molar-refractivity contribution in [1.82, 2.24) is 0 Å². The van der Waals surface area contributed by atoms with Gasteiger partial charge in [0.25, 0.3) is 35.0 Å². The van der Waals surface area contributed by atoms with Crippen molar-refractivity contribution in [2.45, 2.75) is 37.0 Å². The highest BCUT2D eigenvalue weighted by atomic mass is 19.3. The van der Waals surface area contributed by atoms with Crippen molar-refractivity contribution in [1.29, 1.82) is 0 Å². The second-order valence-corrected chi connectivity index (χ2v) is 14.4. The van der Waals surface area contributed by atoms with Crippen LogP contribution in [0.2, 0.25) is 0 Å². The number of imide groups is 2. The van der Waals surface area contributed by atoms with Gasteiger partial charge in [0, 0.05) is 24.3 Å². The van der Waals surface area contributed by atoms with E-state index in [1.165, 1.54) is 97.1 Å². The number of anilines is 2. The zero-order chi connectivity index (χ0) is 44.9. The SMILES string of the molecule is CCOCC.O=C1c2ccccc2C(=O)N1c1ccc(Oc2ccccc2)c([C@]2(F)C(F)(F)C(F)(F)[C@@]2(F)c2cc(N3C(=O)c4ccccc4C3=O)ccc2Oc2ccccc2)c1. The molecule has 1 saturated carbocycles. The number of carbonyl (C=O) groups is 4. The maximum absolute atomic E-state index is 18.3. The van der Waals surface area contributed by atoms with Crippen molar-refractivity contribution in [2.24, 2.45) is 0 Å². The van der Waals surface area contributed by atoms with Crippen LogP contribution in [0.4, 0.5) is 37.7 Å². The summed E-state index contributed by atoms with van der Waals surface area (Å²) in [5.41, 5.74) is -14.6. The van der Waals surface area contributed by atoms with Gasteiger partial charge in [-0.2, -0.15) is 17.6 Å². The van der Waals surface area contributed by atoms with Gasteiger partial charge in [-0.05, 0) is 98.8 Å². The Morgan fingerprint density at radius 1 is 0.429 bits per heavy atom. The molecular formula is C48H34F6N2O7. The molecule has 1 aliphatic carbocycles. The van der Waals surface area contributed by atoms with Gasteiger partial charge in [0.05, 0.1) is 33.6 Å². The first kappa shape index (κ1) is 42.4. The average Bonchev–Trinajstić information content (AvgIpc) is 3.70. The summed E-state index contributed by atoms with van der Waals surface area (Å²) in [5, 5.41) is 0. The summed E-state index contributed by atoms with van der Waals surface area (Å²) in [6.45, 7) is 5.67. The molecule has 0 N–H and O–H groups in total. The molecule has 2 heterocycles. The normalized spacial score (nSPS) is 20.4. The molecule has 9 rings (SSSR count).